The van der Waals surface area contributed by atoms with Gasteiger partial charge in [-0.25, -0.2) is 0 Å². The van der Waals surface area contributed by atoms with E-state index in [9.17, 15) is 9.59 Å². The first-order chi connectivity index (χ1) is 9.70. The molecule has 0 bridgehead atoms. The molecule has 0 saturated carbocycles. The van der Waals surface area contributed by atoms with E-state index in [1.54, 1.807) is 16.7 Å². The van der Waals surface area contributed by atoms with Crippen molar-refractivity contribution in [2.45, 2.75) is 18.2 Å². The Hall–Kier alpha value is -1.49. The summed E-state index contributed by atoms with van der Waals surface area (Å²) in [5.74, 6) is 0.756. The van der Waals surface area contributed by atoms with Crippen LogP contribution in [-0.4, -0.2) is 42.1 Å². The monoisotopic (exact) mass is 292 g/mol. The van der Waals surface area contributed by atoms with Gasteiger partial charge >= 0.3 is 0 Å². The zero-order valence-corrected chi connectivity index (χ0v) is 12.5. The summed E-state index contributed by atoms with van der Waals surface area (Å²) in [5, 5.41) is 2.92. The van der Waals surface area contributed by atoms with Crippen LogP contribution in [0.4, 0.5) is 0 Å². The summed E-state index contributed by atoms with van der Waals surface area (Å²) in [7, 11) is 0. The van der Waals surface area contributed by atoms with E-state index in [-0.39, 0.29) is 17.7 Å². The molecule has 0 radical (unpaired) electrons. The van der Waals surface area contributed by atoms with Crippen LogP contribution < -0.4 is 5.32 Å². The van der Waals surface area contributed by atoms with Crippen molar-refractivity contribution in [3.05, 3.63) is 30.3 Å². The van der Waals surface area contributed by atoms with Gasteiger partial charge < -0.3 is 10.2 Å². The van der Waals surface area contributed by atoms with Gasteiger partial charge in [-0.1, -0.05) is 18.2 Å². The third-order valence-corrected chi connectivity index (χ3v) is 4.39. The summed E-state index contributed by atoms with van der Waals surface area (Å²) in [6.45, 7) is 3.82. The summed E-state index contributed by atoms with van der Waals surface area (Å²) in [5.41, 5.74) is 0. The average molecular weight is 292 g/mol. The van der Waals surface area contributed by atoms with Gasteiger partial charge in [-0.2, -0.15) is 0 Å². The van der Waals surface area contributed by atoms with Gasteiger partial charge in [0.2, 0.25) is 11.8 Å². The SMILES string of the molecule is CCN1CC(C(=O)NCCSc2ccccc2)CC1=O. The fourth-order valence-corrected chi connectivity index (χ4v) is 3.05. The normalized spacial score (nSPS) is 18.4. The number of likely N-dealkylation sites (tertiary alicyclic amines) is 1. The van der Waals surface area contributed by atoms with Gasteiger partial charge in [-0.05, 0) is 19.1 Å². The minimum Gasteiger partial charge on any atom is -0.355 e. The van der Waals surface area contributed by atoms with Crippen LogP contribution in [-0.2, 0) is 9.59 Å². The van der Waals surface area contributed by atoms with Crippen LogP contribution in [0, 0.1) is 5.92 Å². The zero-order valence-electron chi connectivity index (χ0n) is 11.7. The Bertz CT molecular complexity index is 464. The second-order valence-corrected chi connectivity index (χ2v) is 5.95. The van der Waals surface area contributed by atoms with Gasteiger partial charge in [0.15, 0.2) is 0 Å². The molecule has 5 heteroatoms. The number of amides is 2. The van der Waals surface area contributed by atoms with Crippen LogP contribution in [0.3, 0.4) is 0 Å². The Morgan fingerprint density at radius 2 is 2.15 bits per heavy atom. The van der Waals surface area contributed by atoms with Gasteiger partial charge in [-0.3, -0.25) is 9.59 Å². The van der Waals surface area contributed by atoms with E-state index < -0.39 is 0 Å². The Balaban J connectivity index is 1.67. The van der Waals surface area contributed by atoms with Crippen molar-refractivity contribution in [3.8, 4) is 0 Å². The minimum absolute atomic E-state index is 0.00274. The molecule has 1 N–H and O–H groups in total. The van der Waals surface area contributed by atoms with Crippen LogP contribution in [0.1, 0.15) is 13.3 Å². The number of carbonyl (C=O) groups excluding carboxylic acids is 2. The molecule has 0 aromatic heterocycles. The van der Waals surface area contributed by atoms with Crippen LogP contribution in [0.5, 0.6) is 0 Å². The van der Waals surface area contributed by atoms with Crippen LogP contribution >= 0.6 is 11.8 Å². The maximum atomic E-state index is 12.0. The lowest BCUT2D eigenvalue weighted by Gasteiger charge is -2.13. The number of carbonyl (C=O) groups is 2. The summed E-state index contributed by atoms with van der Waals surface area (Å²) >= 11 is 1.72. The zero-order chi connectivity index (χ0) is 14.4. The standard InChI is InChI=1S/C15H20N2O2S/c1-2-17-11-12(10-14(17)18)15(19)16-8-9-20-13-6-4-3-5-7-13/h3-7,12H,2,8-11H2,1H3,(H,16,19). The number of benzene rings is 1. The lowest BCUT2D eigenvalue weighted by atomic mass is 10.1. The van der Waals surface area contributed by atoms with E-state index in [0.29, 0.717) is 26.1 Å². The fourth-order valence-electron chi connectivity index (χ4n) is 2.26. The van der Waals surface area contributed by atoms with E-state index in [1.807, 2.05) is 25.1 Å². The summed E-state index contributed by atoms with van der Waals surface area (Å²) in [6.07, 6.45) is 0.353. The molecule has 108 valence electrons. The lowest BCUT2D eigenvalue weighted by Crippen LogP contribution is -2.34. The molecule has 1 heterocycles. The molecule has 4 nitrogen and oxygen atoms in total. The molecule has 0 spiro atoms. The Morgan fingerprint density at radius 3 is 2.80 bits per heavy atom. The number of rotatable bonds is 6. The fraction of sp³-hybridized carbons (Fsp3) is 0.467. The van der Waals surface area contributed by atoms with Crippen LogP contribution in [0.15, 0.2) is 35.2 Å². The predicted molar refractivity (Wildman–Crippen MR) is 80.5 cm³/mol. The van der Waals surface area contributed by atoms with Gasteiger partial charge in [0.1, 0.15) is 0 Å². The molecule has 0 aliphatic carbocycles. The van der Waals surface area contributed by atoms with Crippen molar-refractivity contribution < 1.29 is 9.59 Å². The highest BCUT2D eigenvalue weighted by Gasteiger charge is 2.32. The third kappa shape index (κ3) is 4.00. The molecule has 1 aromatic carbocycles. The molecular weight excluding hydrogens is 272 g/mol. The van der Waals surface area contributed by atoms with Crippen molar-refractivity contribution in [3.63, 3.8) is 0 Å². The Labute approximate surface area is 123 Å². The van der Waals surface area contributed by atoms with Gasteiger partial charge in [0.25, 0.3) is 0 Å². The number of hydrogen-bond donors (Lipinski definition) is 1. The van der Waals surface area contributed by atoms with E-state index in [4.69, 9.17) is 0 Å². The quantitative estimate of drug-likeness (QED) is 0.642. The topological polar surface area (TPSA) is 49.4 Å². The first-order valence-electron chi connectivity index (χ1n) is 6.94. The molecule has 1 fully saturated rings. The molecule has 1 atom stereocenters. The summed E-state index contributed by atoms with van der Waals surface area (Å²) in [4.78, 5) is 26.5. The highest BCUT2D eigenvalue weighted by atomic mass is 32.2. The Kier molecular flexibility index (Phi) is 5.47. The van der Waals surface area contributed by atoms with E-state index >= 15 is 0 Å². The number of nitrogens with zero attached hydrogens (tertiary/aromatic N) is 1. The largest absolute Gasteiger partial charge is 0.355 e. The second-order valence-electron chi connectivity index (χ2n) is 4.79. The van der Waals surface area contributed by atoms with Crippen LogP contribution in [0.2, 0.25) is 0 Å². The molecule has 1 unspecified atom stereocenters. The maximum Gasteiger partial charge on any atom is 0.225 e. The van der Waals surface area contributed by atoms with Gasteiger partial charge in [-0.15, -0.1) is 11.8 Å². The number of thioether (sulfide) groups is 1. The minimum atomic E-state index is -0.177. The Morgan fingerprint density at radius 1 is 1.40 bits per heavy atom. The first kappa shape index (κ1) is 14.9. The maximum absolute atomic E-state index is 12.0. The molecule has 1 aliphatic heterocycles. The average Bonchev–Trinajstić information content (AvgIpc) is 2.86. The smallest absolute Gasteiger partial charge is 0.225 e. The van der Waals surface area contributed by atoms with Crippen LogP contribution in [0.25, 0.3) is 0 Å². The van der Waals surface area contributed by atoms with Crippen molar-refractivity contribution >= 4 is 23.6 Å². The molecule has 1 aliphatic rings. The molecule has 1 aromatic rings. The van der Waals surface area contributed by atoms with E-state index in [1.165, 1.54) is 4.90 Å². The number of nitrogens with one attached hydrogen (secondary N) is 1. The lowest BCUT2D eigenvalue weighted by molar-refractivity contribution is -0.128. The van der Waals surface area contributed by atoms with Crippen molar-refractivity contribution in [1.29, 1.82) is 0 Å². The van der Waals surface area contributed by atoms with Gasteiger partial charge in [0, 0.05) is 36.7 Å². The molecule has 1 saturated heterocycles. The molecule has 2 amide bonds. The van der Waals surface area contributed by atoms with E-state index in [2.05, 4.69) is 17.4 Å². The summed E-state index contributed by atoms with van der Waals surface area (Å²) in [6, 6.07) is 10.1. The summed E-state index contributed by atoms with van der Waals surface area (Å²) < 4.78 is 0. The van der Waals surface area contributed by atoms with Crippen molar-refractivity contribution in [2.24, 2.45) is 5.92 Å². The molecular formula is C15H20N2O2S. The first-order valence-corrected chi connectivity index (χ1v) is 7.92. The highest BCUT2D eigenvalue weighted by Crippen LogP contribution is 2.18. The van der Waals surface area contributed by atoms with Gasteiger partial charge in [0.05, 0.1) is 5.92 Å². The molecule has 2 rings (SSSR count). The van der Waals surface area contributed by atoms with Crippen molar-refractivity contribution in [2.75, 3.05) is 25.4 Å². The predicted octanol–water partition coefficient (Wildman–Crippen LogP) is 1.76. The highest BCUT2D eigenvalue weighted by molar-refractivity contribution is 7.99. The number of hydrogen-bond acceptors (Lipinski definition) is 3. The molecule has 20 heavy (non-hydrogen) atoms. The van der Waals surface area contributed by atoms with E-state index in [0.717, 1.165) is 5.75 Å². The second kappa shape index (κ2) is 7.33. The van der Waals surface area contributed by atoms with Crippen molar-refractivity contribution in [1.82, 2.24) is 10.2 Å². The third-order valence-electron chi connectivity index (χ3n) is 3.38.